The molecule has 152 valence electrons. The number of benzene rings is 1. The molecule has 1 saturated heterocycles. The monoisotopic (exact) mass is 380 g/mol. The van der Waals surface area contributed by atoms with Crippen LogP contribution in [0.25, 0.3) is 0 Å². The normalized spacial score (nSPS) is 17.5. The molecule has 0 amide bonds. The van der Waals surface area contributed by atoms with Gasteiger partial charge in [-0.2, -0.15) is 0 Å². The van der Waals surface area contributed by atoms with Gasteiger partial charge in [0, 0.05) is 6.20 Å². The van der Waals surface area contributed by atoms with E-state index in [0.29, 0.717) is 5.75 Å². The lowest BCUT2D eigenvalue weighted by Crippen LogP contribution is -2.35. The van der Waals surface area contributed by atoms with Crippen LogP contribution in [0, 0.1) is 0 Å². The third-order valence-electron chi connectivity index (χ3n) is 5.79. The van der Waals surface area contributed by atoms with Gasteiger partial charge in [0.1, 0.15) is 5.75 Å². The van der Waals surface area contributed by atoms with E-state index in [4.69, 9.17) is 4.98 Å². The average molecular weight is 381 g/mol. The smallest absolute Gasteiger partial charge is 0.123 e. The minimum atomic E-state index is -0.128. The fraction of sp³-hybridized carbons (Fsp3) is 0.560. The second-order valence-corrected chi connectivity index (χ2v) is 10.2. The van der Waals surface area contributed by atoms with E-state index >= 15 is 0 Å². The average Bonchev–Trinajstić information content (AvgIpc) is 2.63. The maximum atomic E-state index is 11.1. The van der Waals surface area contributed by atoms with E-state index < -0.39 is 0 Å². The number of nitrogens with zero attached hydrogens (tertiary/aromatic N) is 2. The second kappa shape index (κ2) is 7.87. The first-order valence-corrected chi connectivity index (χ1v) is 10.6. The topological polar surface area (TPSA) is 36.4 Å². The van der Waals surface area contributed by atoms with Crippen LogP contribution >= 0.6 is 0 Å². The molecular formula is C25H36N2O. The van der Waals surface area contributed by atoms with Gasteiger partial charge in [-0.1, -0.05) is 54.0 Å². The summed E-state index contributed by atoms with van der Waals surface area (Å²) < 4.78 is 0. The van der Waals surface area contributed by atoms with Crippen molar-refractivity contribution in [2.45, 2.75) is 77.7 Å². The summed E-state index contributed by atoms with van der Waals surface area (Å²) in [6.45, 7) is 15.2. The maximum Gasteiger partial charge on any atom is 0.123 e. The molecule has 3 rings (SSSR count). The minimum Gasteiger partial charge on any atom is -0.507 e. The molecule has 1 aromatic heterocycles. The summed E-state index contributed by atoms with van der Waals surface area (Å²) in [6, 6.07) is 10.8. The van der Waals surface area contributed by atoms with Gasteiger partial charge in [0.25, 0.3) is 0 Å². The summed E-state index contributed by atoms with van der Waals surface area (Å²) >= 11 is 0. The largest absolute Gasteiger partial charge is 0.507 e. The first-order valence-electron chi connectivity index (χ1n) is 10.6. The Labute approximate surface area is 170 Å². The van der Waals surface area contributed by atoms with Gasteiger partial charge in [-0.25, -0.2) is 0 Å². The van der Waals surface area contributed by atoms with Crippen molar-refractivity contribution < 1.29 is 5.11 Å². The van der Waals surface area contributed by atoms with Crippen LogP contribution in [-0.2, 0) is 10.8 Å². The molecule has 1 N–H and O–H groups in total. The van der Waals surface area contributed by atoms with Crippen LogP contribution < -0.4 is 0 Å². The van der Waals surface area contributed by atoms with Crippen molar-refractivity contribution in [1.82, 2.24) is 9.88 Å². The molecule has 2 heterocycles. The third kappa shape index (κ3) is 4.41. The first kappa shape index (κ1) is 20.9. The van der Waals surface area contributed by atoms with Crippen molar-refractivity contribution in [3.63, 3.8) is 0 Å². The van der Waals surface area contributed by atoms with E-state index in [2.05, 4.69) is 70.7 Å². The zero-order valence-electron chi connectivity index (χ0n) is 18.4. The lowest BCUT2D eigenvalue weighted by atomic mass is 9.77. The van der Waals surface area contributed by atoms with Crippen LogP contribution in [0.15, 0.2) is 36.5 Å². The lowest BCUT2D eigenvalue weighted by molar-refractivity contribution is 0.184. The van der Waals surface area contributed by atoms with E-state index in [1.54, 1.807) is 0 Å². The number of rotatable bonds is 3. The van der Waals surface area contributed by atoms with Gasteiger partial charge in [0.05, 0.1) is 11.7 Å². The van der Waals surface area contributed by atoms with Gasteiger partial charge in [-0.15, -0.1) is 0 Å². The van der Waals surface area contributed by atoms with Gasteiger partial charge in [-0.05, 0) is 77.7 Å². The Morgan fingerprint density at radius 1 is 0.893 bits per heavy atom. The molecule has 0 saturated carbocycles. The molecule has 1 atom stereocenters. The van der Waals surface area contributed by atoms with Gasteiger partial charge in [-0.3, -0.25) is 9.88 Å². The Morgan fingerprint density at radius 3 is 1.93 bits per heavy atom. The van der Waals surface area contributed by atoms with Crippen LogP contribution in [0.1, 0.15) is 89.2 Å². The number of likely N-dealkylation sites (tertiary alicyclic amines) is 1. The third-order valence-corrected chi connectivity index (χ3v) is 5.79. The van der Waals surface area contributed by atoms with E-state index in [1.165, 1.54) is 24.8 Å². The molecule has 28 heavy (non-hydrogen) atoms. The second-order valence-electron chi connectivity index (χ2n) is 10.2. The lowest BCUT2D eigenvalue weighted by Gasteiger charge is -2.36. The zero-order valence-corrected chi connectivity index (χ0v) is 18.4. The molecule has 1 aliphatic rings. The van der Waals surface area contributed by atoms with E-state index in [0.717, 1.165) is 29.9 Å². The fourth-order valence-corrected chi connectivity index (χ4v) is 4.24. The Morgan fingerprint density at radius 2 is 1.46 bits per heavy atom. The molecule has 2 aromatic rings. The molecule has 1 fully saturated rings. The SMILES string of the molecule is CC(C)(C)c1cc(C(c2ccccn2)N2CCCCC2)cc(C(C)(C)C)c1O. The molecule has 1 aliphatic heterocycles. The number of pyridine rings is 1. The van der Waals surface area contributed by atoms with Crippen molar-refractivity contribution in [1.29, 1.82) is 0 Å². The highest BCUT2D eigenvalue weighted by molar-refractivity contribution is 5.51. The van der Waals surface area contributed by atoms with Crippen LogP contribution in [0.2, 0.25) is 0 Å². The number of hydrogen-bond acceptors (Lipinski definition) is 3. The maximum absolute atomic E-state index is 11.1. The molecule has 3 heteroatoms. The summed E-state index contributed by atoms with van der Waals surface area (Å²) in [7, 11) is 0. The molecule has 0 radical (unpaired) electrons. The Kier molecular flexibility index (Phi) is 5.86. The summed E-state index contributed by atoms with van der Waals surface area (Å²) in [5, 5.41) is 11.1. The molecule has 0 aliphatic carbocycles. The van der Waals surface area contributed by atoms with Crippen LogP contribution in [0.3, 0.4) is 0 Å². The highest BCUT2D eigenvalue weighted by Crippen LogP contribution is 2.42. The molecule has 0 bridgehead atoms. The van der Waals surface area contributed by atoms with Gasteiger partial charge in [0.2, 0.25) is 0 Å². The van der Waals surface area contributed by atoms with Gasteiger partial charge in [0.15, 0.2) is 0 Å². The number of phenolic OH excluding ortho intramolecular Hbond substituents is 1. The van der Waals surface area contributed by atoms with E-state index in [1.807, 2.05) is 12.3 Å². The summed E-state index contributed by atoms with van der Waals surface area (Å²) in [5.41, 5.74) is 4.12. The van der Waals surface area contributed by atoms with Gasteiger partial charge >= 0.3 is 0 Å². The molecular weight excluding hydrogens is 344 g/mol. The van der Waals surface area contributed by atoms with Crippen molar-refractivity contribution in [3.05, 3.63) is 58.9 Å². The van der Waals surface area contributed by atoms with Crippen molar-refractivity contribution in [2.75, 3.05) is 13.1 Å². The molecule has 1 aromatic carbocycles. The Bertz CT molecular complexity index is 759. The number of piperidine rings is 1. The molecule has 3 nitrogen and oxygen atoms in total. The van der Waals surface area contributed by atoms with E-state index in [-0.39, 0.29) is 16.9 Å². The van der Waals surface area contributed by atoms with Crippen molar-refractivity contribution in [2.24, 2.45) is 0 Å². The van der Waals surface area contributed by atoms with Crippen LogP contribution in [0.4, 0.5) is 0 Å². The number of hydrogen-bond donors (Lipinski definition) is 1. The summed E-state index contributed by atoms with van der Waals surface area (Å²) in [5.74, 6) is 0.446. The zero-order chi connectivity index (χ0) is 20.5. The van der Waals surface area contributed by atoms with E-state index in [9.17, 15) is 5.11 Å². The first-order chi connectivity index (χ1) is 13.1. The predicted molar refractivity (Wildman–Crippen MR) is 117 cm³/mol. The summed E-state index contributed by atoms with van der Waals surface area (Å²) in [4.78, 5) is 7.30. The standard InChI is InChI=1S/C25H36N2O/c1-24(2,3)19-16-18(17-20(23(19)28)25(4,5)6)22(21-12-8-9-13-26-21)27-14-10-7-11-15-27/h8-9,12-13,16-17,22,28H,7,10-11,14-15H2,1-6H3. The van der Waals surface area contributed by atoms with Crippen molar-refractivity contribution in [3.8, 4) is 5.75 Å². The highest BCUT2D eigenvalue weighted by atomic mass is 16.3. The molecule has 1 unspecified atom stereocenters. The highest BCUT2D eigenvalue weighted by Gasteiger charge is 2.31. The van der Waals surface area contributed by atoms with Crippen LogP contribution in [-0.4, -0.2) is 28.1 Å². The Balaban J connectivity index is 2.21. The van der Waals surface area contributed by atoms with Gasteiger partial charge < -0.3 is 5.11 Å². The fourth-order valence-electron chi connectivity index (χ4n) is 4.24. The predicted octanol–water partition coefficient (Wildman–Crippen LogP) is 5.96. The molecule has 0 spiro atoms. The van der Waals surface area contributed by atoms with Crippen LogP contribution in [0.5, 0.6) is 5.75 Å². The number of aromatic nitrogens is 1. The van der Waals surface area contributed by atoms with Crippen molar-refractivity contribution >= 4 is 0 Å². The number of phenols is 1. The Hall–Kier alpha value is -1.87. The summed E-state index contributed by atoms with van der Waals surface area (Å²) in [6.07, 6.45) is 5.67. The minimum absolute atomic E-state index is 0.128. The quantitative estimate of drug-likeness (QED) is 0.714. The number of aromatic hydroxyl groups is 1.